The van der Waals surface area contributed by atoms with Gasteiger partial charge in [0.15, 0.2) is 5.82 Å². The van der Waals surface area contributed by atoms with E-state index in [1.54, 1.807) is 19.1 Å². The van der Waals surface area contributed by atoms with Gasteiger partial charge in [-0.2, -0.15) is 0 Å². The smallest absolute Gasteiger partial charge is 0.260 e. The molecule has 214 valence electrons. The summed E-state index contributed by atoms with van der Waals surface area (Å²) in [5.74, 6) is -1.72. The number of ether oxygens (including phenoxy) is 2. The zero-order chi connectivity index (χ0) is 27.2. The number of benzene rings is 1. The molecule has 0 radical (unpaired) electrons. The Morgan fingerprint density at radius 2 is 1.92 bits per heavy atom. The first-order valence-electron chi connectivity index (χ1n) is 12.4. The molecule has 10 nitrogen and oxygen atoms in total. The molecule has 0 aliphatic carbocycles. The fourth-order valence-corrected chi connectivity index (χ4v) is 5.17. The predicted octanol–water partition coefficient (Wildman–Crippen LogP) is 3.31. The molecule has 2 aliphatic rings. The van der Waals surface area contributed by atoms with Gasteiger partial charge >= 0.3 is 0 Å². The normalized spacial score (nSPS) is 18.9. The van der Waals surface area contributed by atoms with E-state index < -0.39 is 45.4 Å². The summed E-state index contributed by atoms with van der Waals surface area (Å²) in [4.78, 5) is 39.6. The Morgan fingerprint density at radius 3 is 2.54 bits per heavy atom. The Labute approximate surface area is 225 Å². The number of aryl methyl sites for hydroxylation is 1. The van der Waals surface area contributed by atoms with Gasteiger partial charge in [0.05, 0.1) is 37.6 Å². The number of carbonyl (C=O) groups is 1. The van der Waals surface area contributed by atoms with Gasteiger partial charge in [-0.05, 0) is 44.0 Å². The van der Waals surface area contributed by atoms with Crippen LogP contribution in [0.1, 0.15) is 50.5 Å². The number of anilines is 3. The van der Waals surface area contributed by atoms with Gasteiger partial charge in [0.1, 0.15) is 34.3 Å². The lowest BCUT2D eigenvalue weighted by Crippen LogP contribution is -2.49. The number of likely N-dealkylation sites (tertiary alicyclic amines) is 1. The van der Waals surface area contributed by atoms with Crippen LogP contribution in [0.15, 0.2) is 38.3 Å². The van der Waals surface area contributed by atoms with Gasteiger partial charge in [-0.3, -0.25) is 14.4 Å². The topological polar surface area (TPSA) is 142 Å². The lowest BCUT2D eigenvalue weighted by Gasteiger charge is -2.44. The zero-order valence-electron chi connectivity index (χ0n) is 21.9. The minimum Gasteiger partial charge on any atom is -0.464 e. The third kappa shape index (κ3) is 4.95. The lowest BCUT2D eigenvalue weighted by atomic mass is 9.79. The minimum atomic E-state index is -1.14. The molecule has 1 aromatic heterocycles. The van der Waals surface area contributed by atoms with Gasteiger partial charge in [-0.1, -0.05) is 6.92 Å². The molecule has 2 fully saturated rings. The average molecular weight is 552 g/mol. The Bertz CT molecular complexity index is 1450. The number of furan rings is 1. The molecule has 2 atom stereocenters. The highest BCUT2D eigenvalue weighted by molar-refractivity contribution is 5.96. The summed E-state index contributed by atoms with van der Waals surface area (Å²) in [6.45, 7) is 5.16. The number of hydrogen-bond acceptors (Lipinski definition) is 8. The number of hydrogen-bond donors (Lipinski definition) is 2. The molecule has 2 aromatic carbocycles. The SMILES string of the molecule is COC[C@@H]1CCCN1C(=O)c1c(F)ccc(Nc2c(NC(c3ccc(C)o3)C3(C)COC3)c(=O)c2=O)c1F.O.[HH].[HH]. The Hall–Kier alpha value is -3.61. The molecule has 1 amide bonds. The van der Waals surface area contributed by atoms with Crippen molar-refractivity contribution in [3.05, 3.63) is 73.4 Å². The second kappa shape index (κ2) is 10.9. The summed E-state index contributed by atoms with van der Waals surface area (Å²) in [7, 11) is 1.50. The molecule has 0 bridgehead atoms. The second-order valence-corrected chi connectivity index (χ2v) is 10.2. The van der Waals surface area contributed by atoms with Crippen molar-refractivity contribution in [1.29, 1.82) is 0 Å². The highest BCUT2D eigenvalue weighted by Crippen LogP contribution is 2.43. The number of rotatable bonds is 9. The highest BCUT2D eigenvalue weighted by Gasteiger charge is 2.45. The maximum Gasteiger partial charge on any atom is 0.260 e. The number of amides is 1. The molecule has 5 rings (SSSR count). The van der Waals surface area contributed by atoms with Crippen LogP contribution in [0.5, 0.6) is 0 Å². The van der Waals surface area contributed by atoms with E-state index in [0.717, 1.165) is 12.1 Å². The molecule has 2 saturated heterocycles. The van der Waals surface area contributed by atoms with Crippen LogP contribution in [0.2, 0.25) is 0 Å². The van der Waals surface area contributed by atoms with E-state index in [9.17, 15) is 18.8 Å². The van der Waals surface area contributed by atoms with Crippen LogP contribution in [-0.2, 0) is 9.47 Å². The van der Waals surface area contributed by atoms with Gasteiger partial charge in [0.2, 0.25) is 0 Å². The van der Waals surface area contributed by atoms with E-state index in [4.69, 9.17) is 13.9 Å². The Morgan fingerprint density at radius 1 is 1.21 bits per heavy atom. The van der Waals surface area contributed by atoms with Crippen molar-refractivity contribution in [1.82, 2.24) is 4.90 Å². The van der Waals surface area contributed by atoms with Crippen LogP contribution < -0.4 is 21.5 Å². The van der Waals surface area contributed by atoms with Crippen LogP contribution in [-0.4, -0.2) is 55.8 Å². The van der Waals surface area contributed by atoms with Crippen molar-refractivity contribution >= 4 is 23.0 Å². The van der Waals surface area contributed by atoms with Crippen molar-refractivity contribution < 1.29 is 35.8 Å². The van der Waals surface area contributed by atoms with Crippen molar-refractivity contribution in [2.24, 2.45) is 5.41 Å². The van der Waals surface area contributed by atoms with E-state index in [-0.39, 0.29) is 38.0 Å². The number of halogens is 2. The van der Waals surface area contributed by atoms with Crippen molar-refractivity contribution in [3.63, 3.8) is 0 Å². The van der Waals surface area contributed by atoms with Gasteiger partial charge in [-0.15, -0.1) is 0 Å². The van der Waals surface area contributed by atoms with Crippen LogP contribution in [0.25, 0.3) is 0 Å². The van der Waals surface area contributed by atoms with E-state index in [2.05, 4.69) is 10.6 Å². The lowest BCUT2D eigenvalue weighted by molar-refractivity contribution is -0.115. The van der Waals surface area contributed by atoms with Crippen molar-refractivity contribution in [2.45, 2.75) is 38.8 Å². The molecule has 4 N–H and O–H groups in total. The molecule has 0 saturated carbocycles. The average Bonchev–Trinajstić information content (AvgIpc) is 3.52. The first kappa shape index (κ1) is 28.4. The highest BCUT2D eigenvalue weighted by atomic mass is 19.1. The molecule has 39 heavy (non-hydrogen) atoms. The Balaban J connectivity index is 0.00000196. The predicted molar refractivity (Wildman–Crippen MR) is 144 cm³/mol. The maximum atomic E-state index is 15.6. The van der Waals surface area contributed by atoms with E-state index in [0.29, 0.717) is 44.1 Å². The maximum absolute atomic E-state index is 15.6. The van der Waals surface area contributed by atoms with Crippen LogP contribution in [0.4, 0.5) is 25.8 Å². The van der Waals surface area contributed by atoms with Gasteiger partial charge in [-0.25, -0.2) is 8.78 Å². The molecule has 1 unspecified atom stereocenters. The van der Waals surface area contributed by atoms with Gasteiger partial charge < -0.3 is 34.9 Å². The zero-order valence-corrected chi connectivity index (χ0v) is 21.9. The molecule has 3 heterocycles. The number of carbonyl (C=O) groups excluding carboxylic acids is 1. The quantitative estimate of drug-likeness (QED) is 0.386. The van der Waals surface area contributed by atoms with E-state index in [1.165, 1.54) is 12.0 Å². The second-order valence-electron chi connectivity index (χ2n) is 10.2. The van der Waals surface area contributed by atoms with Crippen LogP contribution in [0.3, 0.4) is 0 Å². The van der Waals surface area contributed by atoms with Crippen molar-refractivity contribution in [3.8, 4) is 0 Å². The van der Waals surface area contributed by atoms with E-state index >= 15 is 4.39 Å². The summed E-state index contributed by atoms with van der Waals surface area (Å²) in [5, 5.41) is 5.72. The monoisotopic (exact) mass is 551 g/mol. The van der Waals surface area contributed by atoms with Gasteiger partial charge in [0, 0.05) is 21.9 Å². The Kier molecular flexibility index (Phi) is 7.92. The summed E-state index contributed by atoms with van der Waals surface area (Å²) in [5.41, 5.74) is -3.29. The molecule has 12 heteroatoms. The number of nitrogens with zero attached hydrogens (tertiary/aromatic N) is 1. The summed E-state index contributed by atoms with van der Waals surface area (Å²) in [6.07, 6.45) is 1.36. The molecular weight excluding hydrogens is 516 g/mol. The van der Waals surface area contributed by atoms with E-state index in [1.807, 2.05) is 6.92 Å². The first-order valence-corrected chi connectivity index (χ1v) is 12.4. The molecule has 0 spiro atoms. The largest absolute Gasteiger partial charge is 0.464 e. The third-order valence-electron chi connectivity index (χ3n) is 7.37. The summed E-state index contributed by atoms with van der Waals surface area (Å²) in [6, 6.07) is 4.83. The van der Waals surface area contributed by atoms with Crippen molar-refractivity contribution in [2.75, 3.05) is 44.1 Å². The standard InChI is InChI=1S/C27H29F2N3O6.H2O.2H2/c1-14-6-9-18(38-14)25(27(2)12-37-13-27)31-22-21(23(33)24(22)34)30-17-8-7-16(28)19(20(17)29)26(35)32-10-4-5-15(32)11-36-3;;;/h6-9,15,25,30-31H,4-5,10-13H2,1-3H3;1H2;2*1H/t15-,25?;;;/m0.../s1. The summed E-state index contributed by atoms with van der Waals surface area (Å²) >= 11 is 0. The minimum absolute atomic E-state index is 0. The molecular formula is C27H35F2N3O7. The van der Waals surface area contributed by atoms with Crippen LogP contribution in [0, 0.1) is 24.0 Å². The molecule has 3 aromatic rings. The fourth-order valence-electron chi connectivity index (χ4n) is 5.17. The van der Waals surface area contributed by atoms with Crippen LogP contribution >= 0.6 is 0 Å². The first-order chi connectivity index (χ1) is 18.1. The number of methoxy groups -OCH3 is 1. The fraction of sp³-hybridized carbons (Fsp3) is 0.444. The molecule has 2 aliphatic heterocycles. The third-order valence-corrected chi connectivity index (χ3v) is 7.37. The van der Waals surface area contributed by atoms with Gasteiger partial charge in [0.25, 0.3) is 16.8 Å². The summed E-state index contributed by atoms with van der Waals surface area (Å²) < 4.78 is 46.6. The number of nitrogens with one attached hydrogen (secondary N) is 2.